The number of benzene rings is 1. The molecule has 4 heterocycles. The molecule has 1 N–H and O–H groups in total. The molecule has 0 atom stereocenters. The fourth-order valence-corrected chi connectivity index (χ4v) is 5.93. The van der Waals surface area contributed by atoms with Gasteiger partial charge in [0.15, 0.2) is 11.6 Å². The Balaban J connectivity index is 1.56. The van der Waals surface area contributed by atoms with Gasteiger partial charge in [-0.05, 0) is 24.5 Å². The van der Waals surface area contributed by atoms with Crippen LogP contribution in [-0.2, 0) is 23.1 Å². The molecule has 1 saturated carbocycles. The van der Waals surface area contributed by atoms with Gasteiger partial charge in [0.2, 0.25) is 0 Å². The Morgan fingerprint density at radius 1 is 1.16 bits per heavy atom. The van der Waals surface area contributed by atoms with Crippen LogP contribution in [0.4, 0.5) is 5.82 Å². The number of ether oxygens (including phenoxy) is 1. The number of aryl methyl sites for hydroxylation is 1. The van der Waals surface area contributed by atoms with Gasteiger partial charge in [-0.25, -0.2) is 15.0 Å². The van der Waals surface area contributed by atoms with Gasteiger partial charge in [0.05, 0.1) is 16.9 Å². The van der Waals surface area contributed by atoms with Gasteiger partial charge in [-0.2, -0.15) is 5.10 Å². The number of carbonyl (C=O) groups is 1. The third-order valence-electron chi connectivity index (χ3n) is 6.72. The Labute approximate surface area is 218 Å². The first-order chi connectivity index (χ1) is 18.1. The summed E-state index contributed by atoms with van der Waals surface area (Å²) in [6.45, 7) is 1.21. The molecule has 0 radical (unpaired) electrons. The first kappa shape index (κ1) is 23.5. The van der Waals surface area contributed by atoms with E-state index in [4.69, 9.17) is 19.8 Å². The lowest BCUT2D eigenvalue weighted by molar-refractivity contribution is -0.113. The van der Waals surface area contributed by atoms with Crippen LogP contribution in [0.2, 0.25) is 0 Å². The SMILES string of the molecule is COCCn1ccnc1-c1nc(N[C@H]2C[C@@H](C=O)C2)c2c(-c3ccccc3)c(-c3ccn(C)n3)sc2n1. The number of nitrogens with zero attached hydrogens (tertiary/aromatic N) is 6. The van der Waals surface area contributed by atoms with E-state index >= 15 is 0 Å². The highest BCUT2D eigenvalue weighted by Crippen LogP contribution is 2.47. The number of anilines is 1. The molecule has 1 fully saturated rings. The minimum absolute atomic E-state index is 0.0994. The van der Waals surface area contributed by atoms with Crippen molar-refractivity contribution in [1.29, 1.82) is 0 Å². The normalized spacial score (nSPS) is 17.1. The summed E-state index contributed by atoms with van der Waals surface area (Å²) < 4.78 is 9.09. The zero-order chi connectivity index (χ0) is 25.4. The molecule has 0 saturated heterocycles. The number of methoxy groups -OCH3 is 1. The molecule has 5 aromatic rings. The third kappa shape index (κ3) is 4.42. The molecule has 1 aliphatic rings. The Bertz CT molecular complexity index is 1550. The molecular weight excluding hydrogens is 486 g/mol. The summed E-state index contributed by atoms with van der Waals surface area (Å²) in [7, 11) is 3.60. The number of aromatic nitrogens is 6. The third-order valence-corrected chi connectivity index (χ3v) is 7.83. The van der Waals surface area contributed by atoms with E-state index in [9.17, 15) is 4.79 Å². The molecule has 37 heavy (non-hydrogen) atoms. The van der Waals surface area contributed by atoms with Gasteiger partial charge < -0.3 is 19.4 Å². The van der Waals surface area contributed by atoms with E-state index in [-0.39, 0.29) is 12.0 Å². The standard InChI is InChI=1S/C27H27N7O2S/c1-33-10-8-20(32-33)23-21(18-6-4-3-5-7-18)22-24(29-19-14-17(15-19)16-35)30-25(31-27(22)37-23)26-28-9-11-34(26)12-13-36-2/h3-11,16-17,19H,12-15H2,1-2H3,(H,29,30,31)/t17-,19+. The maximum Gasteiger partial charge on any atom is 0.199 e. The van der Waals surface area contributed by atoms with Crippen molar-refractivity contribution in [2.45, 2.75) is 25.4 Å². The van der Waals surface area contributed by atoms with E-state index in [1.54, 1.807) is 24.6 Å². The second kappa shape index (κ2) is 9.87. The minimum atomic E-state index is 0.0994. The second-order valence-electron chi connectivity index (χ2n) is 9.27. The van der Waals surface area contributed by atoms with Gasteiger partial charge in [-0.1, -0.05) is 30.3 Å². The molecule has 1 aliphatic carbocycles. The van der Waals surface area contributed by atoms with E-state index in [1.807, 2.05) is 53.0 Å². The molecule has 4 aromatic heterocycles. The molecule has 0 bridgehead atoms. The van der Waals surface area contributed by atoms with Crippen LogP contribution in [0.15, 0.2) is 55.0 Å². The lowest BCUT2D eigenvalue weighted by Gasteiger charge is -2.32. The van der Waals surface area contributed by atoms with Crippen LogP contribution in [0.3, 0.4) is 0 Å². The largest absolute Gasteiger partial charge is 0.383 e. The predicted octanol–water partition coefficient (Wildman–Crippen LogP) is 4.66. The van der Waals surface area contributed by atoms with Gasteiger partial charge in [0, 0.05) is 56.8 Å². The van der Waals surface area contributed by atoms with Gasteiger partial charge in [0.25, 0.3) is 0 Å². The van der Waals surface area contributed by atoms with Crippen molar-refractivity contribution in [3.63, 3.8) is 0 Å². The van der Waals surface area contributed by atoms with Crippen molar-refractivity contribution in [1.82, 2.24) is 29.3 Å². The van der Waals surface area contributed by atoms with Gasteiger partial charge in [0.1, 0.15) is 22.6 Å². The Hall–Kier alpha value is -3.89. The summed E-state index contributed by atoms with van der Waals surface area (Å²) in [5, 5.41) is 9.31. The molecule has 0 spiro atoms. The van der Waals surface area contributed by atoms with Crippen LogP contribution in [0.1, 0.15) is 12.8 Å². The second-order valence-corrected chi connectivity index (χ2v) is 10.3. The monoisotopic (exact) mass is 513 g/mol. The van der Waals surface area contributed by atoms with E-state index in [0.717, 1.165) is 56.9 Å². The van der Waals surface area contributed by atoms with E-state index < -0.39 is 0 Å². The summed E-state index contributed by atoms with van der Waals surface area (Å²) in [6, 6.07) is 12.5. The molecule has 6 rings (SSSR count). The van der Waals surface area contributed by atoms with E-state index in [1.165, 1.54) is 0 Å². The number of nitrogens with one attached hydrogen (secondary N) is 1. The maximum absolute atomic E-state index is 11.3. The Kier molecular flexibility index (Phi) is 6.27. The highest BCUT2D eigenvalue weighted by atomic mass is 32.1. The fourth-order valence-electron chi connectivity index (χ4n) is 4.77. The Morgan fingerprint density at radius 3 is 2.73 bits per heavy atom. The number of carbonyl (C=O) groups excluding carboxylic acids is 1. The molecule has 0 unspecified atom stereocenters. The number of imidazole rings is 1. The van der Waals surface area contributed by atoms with Gasteiger partial charge in [-0.15, -0.1) is 11.3 Å². The molecule has 9 nitrogen and oxygen atoms in total. The summed E-state index contributed by atoms with van der Waals surface area (Å²) in [5.74, 6) is 2.10. The first-order valence-electron chi connectivity index (χ1n) is 12.3. The van der Waals surface area contributed by atoms with Crippen LogP contribution in [-0.4, -0.2) is 55.3 Å². The lowest BCUT2D eigenvalue weighted by atomic mass is 9.81. The maximum atomic E-state index is 11.3. The summed E-state index contributed by atoms with van der Waals surface area (Å²) in [5.41, 5.74) is 3.03. The molecule has 188 valence electrons. The van der Waals surface area contributed by atoms with Gasteiger partial charge >= 0.3 is 0 Å². The number of thiophene rings is 1. The zero-order valence-corrected chi connectivity index (χ0v) is 21.5. The molecule has 0 aliphatic heterocycles. The van der Waals surface area contributed by atoms with Crippen molar-refractivity contribution in [3.05, 3.63) is 55.0 Å². The fraction of sp³-hybridized carbons (Fsp3) is 0.296. The topological polar surface area (TPSA) is 99.8 Å². The first-order valence-corrected chi connectivity index (χ1v) is 13.1. The van der Waals surface area contributed by atoms with E-state index in [0.29, 0.717) is 24.8 Å². The van der Waals surface area contributed by atoms with Crippen molar-refractivity contribution in [2.75, 3.05) is 19.0 Å². The molecule has 1 aromatic carbocycles. The zero-order valence-electron chi connectivity index (χ0n) is 20.7. The van der Waals surface area contributed by atoms with Crippen molar-refractivity contribution < 1.29 is 9.53 Å². The minimum Gasteiger partial charge on any atom is -0.383 e. The molecule has 0 amide bonds. The number of hydrogen-bond donors (Lipinski definition) is 1. The van der Waals surface area contributed by atoms with Crippen LogP contribution < -0.4 is 5.32 Å². The van der Waals surface area contributed by atoms with Crippen LogP contribution in [0.5, 0.6) is 0 Å². The van der Waals surface area contributed by atoms with Crippen LogP contribution >= 0.6 is 11.3 Å². The van der Waals surface area contributed by atoms with Crippen molar-refractivity contribution >= 4 is 33.7 Å². The number of rotatable bonds is 9. The lowest BCUT2D eigenvalue weighted by Crippen LogP contribution is -2.36. The average Bonchev–Trinajstić information content (AvgIpc) is 3.63. The van der Waals surface area contributed by atoms with Crippen LogP contribution in [0.25, 0.3) is 43.6 Å². The summed E-state index contributed by atoms with van der Waals surface area (Å²) in [4.78, 5) is 27.8. The van der Waals surface area contributed by atoms with Gasteiger partial charge in [-0.3, -0.25) is 4.68 Å². The summed E-state index contributed by atoms with van der Waals surface area (Å²) in [6.07, 6.45) is 8.26. The van der Waals surface area contributed by atoms with Crippen LogP contribution in [0, 0.1) is 5.92 Å². The average molecular weight is 514 g/mol. The highest BCUT2D eigenvalue weighted by molar-refractivity contribution is 7.22. The number of hydrogen-bond acceptors (Lipinski definition) is 8. The smallest absolute Gasteiger partial charge is 0.199 e. The summed E-state index contributed by atoms with van der Waals surface area (Å²) >= 11 is 1.61. The molecule has 10 heteroatoms. The van der Waals surface area contributed by atoms with E-state index in [2.05, 4.69) is 22.4 Å². The van der Waals surface area contributed by atoms with Crippen molar-refractivity contribution in [3.8, 4) is 33.3 Å². The highest BCUT2D eigenvalue weighted by Gasteiger charge is 2.31. The number of fused-ring (bicyclic) bond motifs is 1. The van der Waals surface area contributed by atoms with Crippen molar-refractivity contribution in [2.24, 2.45) is 13.0 Å². The molecular formula is C27H27N7O2S. The Morgan fingerprint density at radius 2 is 2.00 bits per heavy atom. The number of aldehydes is 1. The predicted molar refractivity (Wildman–Crippen MR) is 144 cm³/mol. The quantitative estimate of drug-likeness (QED) is 0.286.